The highest BCUT2D eigenvalue weighted by Crippen LogP contribution is 2.28. The first-order valence-corrected chi connectivity index (χ1v) is 8.00. The summed E-state index contributed by atoms with van der Waals surface area (Å²) in [6, 6.07) is 12.4. The van der Waals surface area contributed by atoms with Gasteiger partial charge in [0.05, 0.1) is 11.6 Å². The van der Waals surface area contributed by atoms with E-state index in [4.69, 9.17) is 16.3 Å². The number of ether oxygens (including phenoxy) is 1. The standard InChI is InChI=1S/C17H19BrClNO/c1-11-8-15(19)6-4-14(11)10-20-12(2)13-5-7-17(21-3)16(18)9-13/h4-9,12,20H,10H2,1-3H3. The maximum Gasteiger partial charge on any atom is 0.133 e. The molecule has 0 amide bonds. The highest BCUT2D eigenvalue weighted by molar-refractivity contribution is 9.10. The Morgan fingerprint density at radius 2 is 2.00 bits per heavy atom. The molecule has 1 unspecified atom stereocenters. The molecule has 0 aliphatic rings. The summed E-state index contributed by atoms with van der Waals surface area (Å²) in [4.78, 5) is 0. The summed E-state index contributed by atoms with van der Waals surface area (Å²) >= 11 is 9.51. The Morgan fingerprint density at radius 3 is 2.62 bits per heavy atom. The predicted octanol–water partition coefficient (Wildman–Crippen LogP) is 5.27. The van der Waals surface area contributed by atoms with Gasteiger partial charge in [0.15, 0.2) is 0 Å². The zero-order valence-corrected chi connectivity index (χ0v) is 14.8. The molecule has 2 aromatic carbocycles. The van der Waals surface area contributed by atoms with Crippen LogP contribution < -0.4 is 10.1 Å². The van der Waals surface area contributed by atoms with Crippen LogP contribution in [-0.4, -0.2) is 7.11 Å². The lowest BCUT2D eigenvalue weighted by Crippen LogP contribution is -2.18. The van der Waals surface area contributed by atoms with Crippen molar-refractivity contribution in [2.45, 2.75) is 26.4 Å². The van der Waals surface area contributed by atoms with E-state index in [2.05, 4.69) is 53.3 Å². The third-order valence-electron chi connectivity index (χ3n) is 3.58. The molecule has 2 aromatic rings. The van der Waals surface area contributed by atoms with E-state index in [0.717, 1.165) is 21.8 Å². The normalized spacial score (nSPS) is 12.2. The molecule has 0 saturated carbocycles. The Bertz CT molecular complexity index is 630. The summed E-state index contributed by atoms with van der Waals surface area (Å²) in [5.74, 6) is 0.847. The summed E-state index contributed by atoms with van der Waals surface area (Å²) in [5.41, 5.74) is 3.69. The largest absolute Gasteiger partial charge is 0.496 e. The lowest BCUT2D eigenvalue weighted by molar-refractivity contribution is 0.411. The molecule has 0 aromatic heterocycles. The molecule has 0 bridgehead atoms. The molecule has 0 spiro atoms. The number of methoxy groups -OCH3 is 1. The van der Waals surface area contributed by atoms with E-state index < -0.39 is 0 Å². The van der Waals surface area contributed by atoms with E-state index in [0.29, 0.717) is 0 Å². The van der Waals surface area contributed by atoms with Gasteiger partial charge in [0.2, 0.25) is 0 Å². The lowest BCUT2D eigenvalue weighted by Gasteiger charge is -2.16. The Balaban J connectivity index is 2.04. The number of aryl methyl sites for hydroxylation is 1. The first-order chi connectivity index (χ1) is 10.0. The maximum absolute atomic E-state index is 5.98. The molecule has 0 heterocycles. The van der Waals surface area contributed by atoms with Gasteiger partial charge in [-0.05, 0) is 70.7 Å². The molecule has 2 nitrogen and oxygen atoms in total. The average Bonchev–Trinajstić information content (AvgIpc) is 2.46. The minimum absolute atomic E-state index is 0.252. The van der Waals surface area contributed by atoms with Crippen LogP contribution in [0.2, 0.25) is 5.02 Å². The molecular weight excluding hydrogens is 350 g/mol. The topological polar surface area (TPSA) is 21.3 Å². The summed E-state index contributed by atoms with van der Waals surface area (Å²) in [6.45, 7) is 5.05. The van der Waals surface area contributed by atoms with E-state index in [9.17, 15) is 0 Å². The van der Waals surface area contributed by atoms with Gasteiger partial charge in [-0.15, -0.1) is 0 Å². The highest BCUT2D eigenvalue weighted by atomic mass is 79.9. The molecule has 1 N–H and O–H groups in total. The molecule has 0 saturated heterocycles. The molecule has 0 aliphatic heterocycles. The zero-order chi connectivity index (χ0) is 15.4. The molecule has 1 atom stereocenters. The fraction of sp³-hybridized carbons (Fsp3) is 0.294. The number of rotatable bonds is 5. The van der Waals surface area contributed by atoms with Gasteiger partial charge in [-0.2, -0.15) is 0 Å². The number of halogens is 2. The Morgan fingerprint density at radius 1 is 1.24 bits per heavy atom. The van der Waals surface area contributed by atoms with Crippen molar-refractivity contribution in [3.8, 4) is 5.75 Å². The number of hydrogen-bond acceptors (Lipinski definition) is 2. The van der Waals surface area contributed by atoms with Crippen molar-refractivity contribution >= 4 is 27.5 Å². The van der Waals surface area contributed by atoms with Crippen LogP contribution in [0.25, 0.3) is 0 Å². The Kier molecular flexibility index (Phi) is 5.68. The van der Waals surface area contributed by atoms with Crippen molar-refractivity contribution in [1.29, 1.82) is 0 Å². The van der Waals surface area contributed by atoms with Gasteiger partial charge in [-0.25, -0.2) is 0 Å². The molecule has 2 rings (SSSR count). The van der Waals surface area contributed by atoms with Crippen molar-refractivity contribution in [2.24, 2.45) is 0 Å². The average molecular weight is 369 g/mol. The molecule has 0 aliphatic carbocycles. The van der Waals surface area contributed by atoms with Crippen LogP contribution in [0.1, 0.15) is 29.7 Å². The second-order valence-electron chi connectivity index (χ2n) is 5.07. The summed E-state index contributed by atoms with van der Waals surface area (Å²) < 4.78 is 6.23. The molecule has 21 heavy (non-hydrogen) atoms. The second kappa shape index (κ2) is 7.30. The van der Waals surface area contributed by atoms with E-state index >= 15 is 0 Å². The van der Waals surface area contributed by atoms with Crippen LogP contribution >= 0.6 is 27.5 Å². The van der Waals surface area contributed by atoms with Gasteiger partial charge < -0.3 is 10.1 Å². The van der Waals surface area contributed by atoms with Gasteiger partial charge in [-0.1, -0.05) is 23.7 Å². The minimum Gasteiger partial charge on any atom is -0.496 e. The van der Waals surface area contributed by atoms with E-state index in [1.54, 1.807) is 7.11 Å². The second-order valence-corrected chi connectivity index (χ2v) is 6.36. The first kappa shape index (κ1) is 16.3. The van der Waals surface area contributed by atoms with E-state index in [1.165, 1.54) is 16.7 Å². The van der Waals surface area contributed by atoms with Crippen LogP contribution in [-0.2, 0) is 6.54 Å². The van der Waals surface area contributed by atoms with Crippen molar-refractivity contribution in [2.75, 3.05) is 7.11 Å². The van der Waals surface area contributed by atoms with Crippen LogP contribution in [0, 0.1) is 6.92 Å². The first-order valence-electron chi connectivity index (χ1n) is 6.83. The van der Waals surface area contributed by atoms with Gasteiger partial charge in [-0.3, -0.25) is 0 Å². The smallest absolute Gasteiger partial charge is 0.133 e. The van der Waals surface area contributed by atoms with Crippen molar-refractivity contribution in [3.63, 3.8) is 0 Å². The molecule has 4 heteroatoms. The van der Waals surface area contributed by atoms with Crippen LogP contribution in [0.3, 0.4) is 0 Å². The number of hydrogen-bond donors (Lipinski definition) is 1. The lowest BCUT2D eigenvalue weighted by atomic mass is 10.1. The fourth-order valence-electron chi connectivity index (χ4n) is 2.19. The van der Waals surface area contributed by atoms with Crippen molar-refractivity contribution in [3.05, 3.63) is 62.6 Å². The Hall–Kier alpha value is -1.03. The van der Waals surface area contributed by atoms with Gasteiger partial charge in [0.1, 0.15) is 5.75 Å². The van der Waals surface area contributed by atoms with Crippen LogP contribution in [0.15, 0.2) is 40.9 Å². The van der Waals surface area contributed by atoms with Gasteiger partial charge in [0, 0.05) is 17.6 Å². The fourth-order valence-corrected chi connectivity index (χ4v) is 2.98. The monoisotopic (exact) mass is 367 g/mol. The predicted molar refractivity (Wildman–Crippen MR) is 92.1 cm³/mol. The zero-order valence-electron chi connectivity index (χ0n) is 12.4. The molecule has 112 valence electrons. The number of nitrogens with one attached hydrogen (secondary N) is 1. The van der Waals surface area contributed by atoms with Gasteiger partial charge in [0.25, 0.3) is 0 Å². The third-order valence-corrected chi connectivity index (χ3v) is 4.43. The van der Waals surface area contributed by atoms with Gasteiger partial charge >= 0.3 is 0 Å². The maximum atomic E-state index is 5.98. The molecule has 0 radical (unpaired) electrons. The van der Waals surface area contributed by atoms with Crippen LogP contribution in [0.5, 0.6) is 5.75 Å². The van der Waals surface area contributed by atoms with Crippen LogP contribution in [0.4, 0.5) is 0 Å². The summed E-state index contributed by atoms with van der Waals surface area (Å²) in [6.07, 6.45) is 0. The summed E-state index contributed by atoms with van der Waals surface area (Å²) in [5, 5.41) is 4.32. The van der Waals surface area contributed by atoms with Crippen molar-refractivity contribution in [1.82, 2.24) is 5.32 Å². The molecular formula is C17H19BrClNO. The minimum atomic E-state index is 0.252. The van der Waals surface area contributed by atoms with E-state index in [-0.39, 0.29) is 6.04 Å². The number of benzene rings is 2. The molecule has 0 fully saturated rings. The SMILES string of the molecule is COc1ccc(C(C)NCc2ccc(Cl)cc2C)cc1Br. The summed E-state index contributed by atoms with van der Waals surface area (Å²) in [7, 11) is 1.67. The van der Waals surface area contributed by atoms with E-state index in [1.807, 2.05) is 18.2 Å². The third kappa shape index (κ3) is 4.22. The Labute approximate surface area is 139 Å². The highest BCUT2D eigenvalue weighted by Gasteiger charge is 2.09. The van der Waals surface area contributed by atoms with Crippen molar-refractivity contribution < 1.29 is 4.74 Å². The quantitative estimate of drug-likeness (QED) is 0.776.